The van der Waals surface area contributed by atoms with Gasteiger partial charge in [0, 0.05) is 19.6 Å². The maximum Gasteiger partial charge on any atom is 0.0793 e. The standard InChI is InChI=1S/C9H16N2O/c12-6-3-11(4-6)5-9-7-1-10-2-8(7)9/h6-10,12H,1-5H2. The lowest BCUT2D eigenvalue weighted by Gasteiger charge is -2.36. The maximum atomic E-state index is 9.10. The number of piperidine rings is 1. The van der Waals surface area contributed by atoms with Crippen LogP contribution in [0.25, 0.3) is 0 Å². The number of aliphatic hydroxyl groups excluding tert-OH is 1. The quantitative estimate of drug-likeness (QED) is 0.562. The van der Waals surface area contributed by atoms with Crippen LogP contribution in [0, 0.1) is 17.8 Å². The SMILES string of the molecule is OC1CN(CC2C3CNCC32)C1. The zero-order valence-corrected chi connectivity index (χ0v) is 7.24. The molecule has 0 amide bonds. The first-order chi connectivity index (χ1) is 5.84. The van der Waals surface area contributed by atoms with Gasteiger partial charge >= 0.3 is 0 Å². The van der Waals surface area contributed by atoms with E-state index >= 15 is 0 Å². The molecular weight excluding hydrogens is 152 g/mol. The molecule has 2 heterocycles. The lowest BCUT2D eigenvalue weighted by molar-refractivity contribution is -0.00207. The van der Waals surface area contributed by atoms with Crippen LogP contribution in [0.15, 0.2) is 0 Å². The van der Waals surface area contributed by atoms with Crippen LogP contribution in [0.1, 0.15) is 0 Å². The molecule has 12 heavy (non-hydrogen) atoms. The number of aliphatic hydroxyl groups is 1. The molecule has 0 aromatic carbocycles. The molecule has 0 radical (unpaired) electrons. The van der Waals surface area contributed by atoms with Crippen molar-refractivity contribution < 1.29 is 5.11 Å². The fourth-order valence-electron chi connectivity index (χ4n) is 2.81. The predicted octanol–water partition coefficient (Wildman–Crippen LogP) is -0.872. The highest BCUT2D eigenvalue weighted by atomic mass is 16.3. The largest absolute Gasteiger partial charge is 0.390 e. The number of hydrogen-bond donors (Lipinski definition) is 2. The highest BCUT2D eigenvalue weighted by Gasteiger charge is 2.53. The molecule has 2 N–H and O–H groups in total. The molecule has 3 aliphatic rings. The zero-order valence-electron chi connectivity index (χ0n) is 7.24. The van der Waals surface area contributed by atoms with Crippen molar-refractivity contribution >= 4 is 0 Å². The van der Waals surface area contributed by atoms with Gasteiger partial charge in [0.05, 0.1) is 6.10 Å². The number of fused-ring (bicyclic) bond motifs is 1. The summed E-state index contributed by atoms with van der Waals surface area (Å²) >= 11 is 0. The fourth-order valence-corrected chi connectivity index (χ4v) is 2.81. The summed E-state index contributed by atoms with van der Waals surface area (Å²) in [6.07, 6.45) is -0.0262. The maximum absolute atomic E-state index is 9.10. The monoisotopic (exact) mass is 168 g/mol. The van der Waals surface area contributed by atoms with Crippen LogP contribution < -0.4 is 5.32 Å². The van der Waals surface area contributed by atoms with E-state index in [1.54, 1.807) is 0 Å². The van der Waals surface area contributed by atoms with Crippen molar-refractivity contribution in [1.29, 1.82) is 0 Å². The highest BCUT2D eigenvalue weighted by Crippen LogP contribution is 2.49. The topological polar surface area (TPSA) is 35.5 Å². The number of β-amino-alcohol motifs (C(OH)–C–C–N with tert-alkyl or cyclic N) is 1. The molecule has 2 saturated heterocycles. The molecule has 3 rings (SSSR count). The first-order valence-electron chi connectivity index (χ1n) is 4.96. The molecule has 2 atom stereocenters. The Labute approximate surface area is 72.7 Å². The van der Waals surface area contributed by atoms with Crippen molar-refractivity contribution in [3.63, 3.8) is 0 Å². The third-order valence-electron chi connectivity index (χ3n) is 3.68. The number of likely N-dealkylation sites (tertiary alicyclic amines) is 1. The van der Waals surface area contributed by atoms with Gasteiger partial charge in [-0.3, -0.25) is 4.90 Å². The van der Waals surface area contributed by atoms with E-state index in [9.17, 15) is 0 Å². The van der Waals surface area contributed by atoms with E-state index in [1.807, 2.05) is 0 Å². The first-order valence-corrected chi connectivity index (χ1v) is 4.96. The van der Waals surface area contributed by atoms with Gasteiger partial charge in [0.25, 0.3) is 0 Å². The summed E-state index contributed by atoms with van der Waals surface area (Å²) < 4.78 is 0. The van der Waals surface area contributed by atoms with Crippen LogP contribution in [0.2, 0.25) is 0 Å². The Morgan fingerprint density at radius 3 is 2.50 bits per heavy atom. The Morgan fingerprint density at radius 1 is 1.25 bits per heavy atom. The van der Waals surface area contributed by atoms with Gasteiger partial charge in [0.2, 0.25) is 0 Å². The second-order valence-corrected chi connectivity index (χ2v) is 4.52. The molecule has 0 spiro atoms. The molecular formula is C9H16N2O. The third kappa shape index (κ3) is 1.00. The van der Waals surface area contributed by atoms with Crippen molar-refractivity contribution in [2.75, 3.05) is 32.7 Å². The van der Waals surface area contributed by atoms with E-state index in [0.717, 1.165) is 30.8 Å². The van der Waals surface area contributed by atoms with Crippen molar-refractivity contribution in [2.24, 2.45) is 17.8 Å². The molecule has 0 aromatic rings. The smallest absolute Gasteiger partial charge is 0.0793 e. The summed E-state index contributed by atoms with van der Waals surface area (Å²) in [7, 11) is 0. The lowest BCUT2D eigenvalue weighted by atomic mass is 10.1. The number of rotatable bonds is 2. The average Bonchev–Trinajstić information content (AvgIpc) is 2.43. The molecule has 3 heteroatoms. The molecule has 2 aliphatic heterocycles. The minimum Gasteiger partial charge on any atom is -0.390 e. The summed E-state index contributed by atoms with van der Waals surface area (Å²) in [6.45, 7) is 5.57. The second kappa shape index (κ2) is 2.44. The van der Waals surface area contributed by atoms with Crippen LogP contribution in [0.5, 0.6) is 0 Å². The molecule has 1 saturated carbocycles. The molecule has 3 fully saturated rings. The number of nitrogens with one attached hydrogen (secondary N) is 1. The Kier molecular flexibility index (Phi) is 1.48. The van der Waals surface area contributed by atoms with Gasteiger partial charge in [-0.05, 0) is 30.8 Å². The van der Waals surface area contributed by atoms with Gasteiger partial charge in [0.15, 0.2) is 0 Å². The van der Waals surface area contributed by atoms with Crippen LogP contribution in [-0.4, -0.2) is 48.8 Å². The summed E-state index contributed by atoms with van der Waals surface area (Å²) in [5, 5.41) is 12.5. The van der Waals surface area contributed by atoms with E-state index in [1.165, 1.54) is 19.6 Å². The molecule has 2 unspecified atom stereocenters. The highest BCUT2D eigenvalue weighted by molar-refractivity contribution is 5.05. The molecule has 68 valence electrons. The van der Waals surface area contributed by atoms with Crippen LogP contribution in [0.4, 0.5) is 0 Å². The molecule has 0 bridgehead atoms. The average molecular weight is 168 g/mol. The van der Waals surface area contributed by atoms with Crippen molar-refractivity contribution in [1.82, 2.24) is 10.2 Å². The van der Waals surface area contributed by atoms with E-state index in [4.69, 9.17) is 5.11 Å². The third-order valence-corrected chi connectivity index (χ3v) is 3.68. The fraction of sp³-hybridized carbons (Fsp3) is 1.00. The Hall–Kier alpha value is -0.120. The normalized spacial score (nSPS) is 47.2. The van der Waals surface area contributed by atoms with Gasteiger partial charge in [0.1, 0.15) is 0 Å². The van der Waals surface area contributed by atoms with Crippen LogP contribution in [-0.2, 0) is 0 Å². The predicted molar refractivity (Wildman–Crippen MR) is 45.8 cm³/mol. The summed E-state index contributed by atoms with van der Waals surface area (Å²) in [5.41, 5.74) is 0. The molecule has 3 nitrogen and oxygen atoms in total. The van der Waals surface area contributed by atoms with Crippen molar-refractivity contribution in [3.8, 4) is 0 Å². The molecule has 0 aromatic heterocycles. The first kappa shape index (κ1) is 7.30. The minimum atomic E-state index is -0.0262. The minimum absolute atomic E-state index is 0.0262. The number of hydrogen-bond acceptors (Lipinski definition) is 3. The van der Waals surface area contributed by atoms with Gasteiger partial charge in [-0.25, -0.2) is 0 Å². The van der Waals surface area contributed by atoms with Gasteiger partial charge in [-0.2, -0.15) is 0 Å². The summed E-state index contributed by atoms with van der Waals surface area (Å²) in [5.74, 6) is 2.91. The van der Waals surface area contributed by atoms with E-state index < -0.39 is 0 Å². The second-order valence-electron chi connectivity index (χ2n) is 4.52. The van der Waals surface area contributed by atoms with Gasteiger partial charge in [-0.1, -0.05) is 0 Å². The molecule has 1 aliphatic carbocycles. The summed E-state index contributed by atoms with van der Waals surface area (Å²) in [6, 6.07) is 0. The van der Waals surface area contributed by atoms with Crippen molar-refractivity contribution in [2.45, 2.75) is 6.10 Å². The summed E-state index contributed by atoms with van der Waals surface area (Å²) in [4.78, 5) is 2.38. The van der Waals surface area contributed by atoms with E-state index in [2.05, 4.69) is 10.2 Å². The van der Waals surface area contributed by atoms with E-state index in [0.29, 0.717) is 0 Å². The van der Waals surface area contributed by atoms with Gasteiger partial charge in [-0.15, -0.1) is 0 Å². The zero-order chi connectivity index (χ0) is 8.13. The Morgan fingerprint density at radius 2 is 1.92 bits per heavy atom. The van der Waals surface area contributed by atoms with Crippen molar-refractivity contribution in [3.05, 3.63) is 0 Å². The Bertz CT molecular complexity index is 181. The Balaban J connectivity index is 1.46. The van der Waals surface area contributed by atoms with Crippen LogP contribution in [0.3, 0.4) is 0 Å². The van der Waals surface area contributed by atoms with Crippen LogP contribution >= 0.6 is 0 Å². The van der Waals surface area contributed by atoms with E-state index in [-0.39, 0.29) is 6.10 Å². The van der Waals surface area contributed by atoms with Gasteiger partial charge < -0.3 is 10.4 Å². The lowest BCUT2D eigenvalue weighted by Crippen LogP contribution is -2.51. The number of nitrogens with zero attached hydrogens (tertiary/aromatic N) is 1.